The number of aryl methyl sites for hydroxylation is 1. The summed E-state index contributed by atoms with van der Waals surface area (Å²) in [7, 11) is 0. The predicted octanol–water partition coefficient (Wildman–Crippen LogP) is 4.07. The molecule has 1 aromatic heterocycles. The fourth-order valence-electron chi connectivity index (χ4n) is 2.08. The molecule has 106 valence electrons. The van der Waals surface area contributed by atoms with E-state index in [1.165, 1.54) is 23.4 Å². The average molecular weight is 299 g/mol. The van der Waals surface area contributed by atoms with Gasteiger partial charge in [-0.1, -0.05) is 30.0 Å². The zero-order chi connectivity index (χ0) is 14.8. The maximum Gasteiger partial charge on any atom is 0.269 e. The number of aromatic amines is 1. The zero-order valence-electron chi connectivity index (χ0n) is 11.4. The molecule has 0 atom stereocenters. The number of aromatic nitrogens is 2. The lowest BCUT2D eigenvalue weighted by atomic mass is 10.2. The fraction of sp³-hybridized carbons (Fsp3) is 0.133. The summed E-state index contributed by atoms with van der Waals surface area (Å²) in [6, 6.07) is 12.7. The number of nitro groups is 1. The highest BCUT2D eigenvalue weighted by atomic mass is 32.2. The Balaban J connectivity index is 1.77. The lowest BCUT2D eigenvalue weighted by Crippen LogP contribution is -1.89. The first-order valence-corrected chi connectivity index (χ1v) is 7.43. The Morgan fingerprint density at radius 1 is 1.29 bits per heavy atom. The first kappa shape index (κ1) is 13.6. The largest absolute Gasteiger partial charge is 0.333 e. The number of non-ortho nitro benzene ring substituents is 1. The summed E-state index contributed by atoms with van der Waals surface area (Å²) in [6.07, 6.45) is 0. The molecule has 1 N–H and O–H groups in total. The van der Waals surface area contributed by atoms with Crippen LogP contribution in [0.1, 0.15) is 11.1 Å². The van der Waals surface area contributed by atoms with Crippen LogP contribution in [0.2, 0.25) is 0 Å². The van der Waals surface area contributed by atoms with Crippen molar-refractivity contribution in [2.24, 2.45) is 0 Å². The molecule has 0 saturated heterocycles. The van der Waals surface area contributed by atoms with Gasteiger partial charge in [0.25, 0.3) is 5.69 Å². The lowest BCUT2D eigenvalue weighted by molar-refractivity contribution is -0.384. The van der Waals surface area contributed by atoms with Crippen LogP contribution in [0.15, 0.2) is 47.6 Å². The molecule has 0 aliphatic heterocycles. The molecule has 0 radical (unpaired) electrons. The molecule has 0 aliphatic carbocycles. The summed E-state index contributed by atoms with van der Waals surface area (Å²) in [4.78, 5) is 18.1. The molecule has 6 heteroatoms. The van der Waals surface area contributed by atoms with Crippen molar-refractivity contribution >= 4 is 28.5 Å². The third-order valence-electron chi connectivity index (χ3n) is 3.11. The van der Waals surface area contributed by atoms with E-state index in [0.29, 0.717) is 5.75 Å². The van der Waals surface area contributed by atoms with Gasteiger partial charge in [-0.05, 0) is 30.2 Å². The lowest BCUT2D eigenvalue weighted by Gasteiger charge is -1.99. The maximum atomic E-state index is 10.8. The Morgan fingerprint density at radius 2 is 2.14 bits per heavy atom. The van der Waals surface area contributed by atoms with Gasteiger partial charge < -0.3 is 4.98 Å². The number of imidazole rings is 1. The van der Waals surface area contributed by atoms with Crippen molar-refractivity contribution < 1.29 is 4.92 Å². The highest BCUT2D eigenvalue weighted by Gasteiger charge is 2.07. The molecular formula is C15H13N3O2S. The van der Waals surface area contributed by atoms with Crippen molar-refractivity contribution in [3.05, 3.63) is 63.7 Å². The second-order valence-electron chi connectivity index (χ2n) is 4.78. The molecule has 1 heterocycles. The number of hydrogen-bond donors (Lipinski definition) is 1. The Hall–Kier alpha value is -2.34. The fourth-order valence-corrected chi connectivity index (χ4v) is 2.91. The predicted molar refractivity (Wildman–Crippen MR) is 83.5 cm³/mol. The van der Waals surface area contributed by atoms with Crippen LogP contribution >= 0.6 is 11.8 Å². The number of fused-ring (bicyclic) bond motifs is 1. The second-order valence-corrected chi connectivity index (χ2v) is 5.74. The van der Waals surface area contributed by atoms with E-state index in [1.54, 1.807) is 12.1 Å². The molecular weight excluding hydrogens is 286 g/mol. The van der Waals surface area contributed by atoms with E-state index >= 15 is 0 Å². The molecule has 3 rings (SSSR count). The molecule has 0 bridgehead atoms. The Labute approximate surface area is 125 Å². The van der Waals surface area contributed by atoms with E-state index < -0.39 is 0 Å². The van der Waals surface area contributed by atoms with Crippen LogP contribution < -0.4 is 0 Å². The van der Waals surface area contributed by atoms with Gasteiger partial charge in [-0.25, -0.2) is 4.98 Å². The first-order chi connectivity index (χ1) is 10.1. The van der Waals surface area contributed by atoms with Crippen molar-refractivity contribution in [2.75, 3.05) is 0 Å². The highest BCUT2D eigenvalue weighted by molar-refractivity contribution is 7.98. The number of nitrogens with zero attached hydrogens (tertiary/aromatic N) is 2. The van der Waals surface area contributed by atoms with Crippen LogP contribution in [-0.2, 0) is 5.75 Å². The van der Waals surface area contributed by atoms with Crippen LogP contribution in [0.25, 0.3) is 11.0 Å². The van der Waals surface area contributed by atoms with E-state index in [2.05, 4.69) is 16.0 Å². The van der Waals surface area contributed by atoms with E-state index in [9.17, 15) is 10.1 Å². The van der Waals surface area contributed by atoms with E-state index in [0.717, 1.165) is 21.8 Å². The van der Waals surface area contributed by atoms with Crippen LogP contribution in [0.5, 0.6) is 0 Å². The molecule has 0 amide bonds. The molecule has 5 nitrogen and oxygen atoms in total. The molecule has 0 fully saturated rings. The molecule has 0 aliphatic rings. The van der Waals surface area contributed by atoms with Crippen molar-refractivity contribution in [3.63, 3.8) is 0 Å². The Morgan fingerprint density at radius 3 is 2.95 bits per heavy atom. The van der Waals surface area contributed by atoms with Gasteiger partial charge in [0.1, 0.15) is 0 Å². The van der Waals surface area contributed by atoms with E-state index in [-0.39, 0.29) is 10.6 Å². The minimum Gasteiger partial charge on any atom is -0.333 e. The van der Waals surface area contributed by atoms with Crippen molar-refractivity contribution in [2.45, 2.75) is 17.8 Å². The number of rotatable bonds is 4. The van der Waals surface area contributed by atoms with Gasteiger partial charge in [0, 0.05) is 17.9 Å². The Kier molecular flexibility index (Phi) is 3.62. The normalized spacial score (nSPS) is 10.9. The smallest absolute Gasteiger partial charge is 0.269 e. The summed E-state index contributed by atoms with van der Waals surface area (Å²) in [5.74, 6) is 0.639. The minimum absolute atomic E-state index is 0.119. The van der Waals surface area contributed by atoms with E-state index in [4.69, 9.17) is 0 Å². The van der Waals surface area contributed by atoms with Crippen molar-refractivity contribution in [1.29, 1.82) is 0 Å². The van der Waals surface area contributed by atoms with Crippen LogP contribution in [0.3, 0.4) is 0 Å². The van der Waals surface area contributed by atoms with Gasteiger partial charge in [0.2, 0.25) is 0 Å². The maximum absolute atomic E-state index is 10.8. The van der Waals surface area contributed by atoms with Crippen LogP contribution in [0.4, 0.5) is 5.69 Å². The topological polar surface area (TPSA) is 71.8 Å². The zero-order valence-corrected chi connectivity index (χ0v) is 12.2. The summed E-state index contributed by atoms with van der Waals surface area (Å²) in [5.41, 5.74) is 4.15. The third-order valence-corrected chi connectivity index (χ3v) is 4.06. The van der Waals surface area contributed by atoms with E-state index in [1.807, 2.05) is 25.1 Å². The summed E-state index contributed by atoms with van der Waals surface area (Å²) in [5, 5.41) is 11.6. The van der Waals surface area contributed by atoms with Crippen LogP contribution in [0, 0.1) is 17.0 Å². The third kappa shape index (κ3) is 3.05. The standard InChI is InChI=1S/C15H13N3O2S/c1-10-5-6-13-14(7-10)17-15(16-13)21-9-11-3-2-4-12(8-11)18(19)20/h2-8H,9H2,1H3,(H,16,17). The second kappa shape index (κ2) is 5.57. The van der Waals surface area contributed by atoms with Crippen molar-refractivity contribution in [1.82, 2.24) is 9.97 Å². The molecule has 3 aromatic rings. The van der Waals surface area contributed by atoms with Gasteiger partial charge in [0.15, 0.2) is 5.16 Å². The first-order valence-electron chi connectivity index (χ1n) is 6.44. The number of H-pyrrole nitrogens is 1. The Bertz CT molecular complexity index is 814. The average Bonchev–Trinajstić information content (AvgIpc) is 2.87. The SMILES string of the molecule is Cc1ccc2nc(SCc3cccc([N+](=O)[O-])c3)[nH]c2c1. The molecule has 0 spiro atoms. The number of benzene rings is 2. The number of nitro benzene ring substituents is 1. The monoisotopic (exact) mass is 299 g/mol. The number of nitrogens with one attached hydrogen (secondary N) is 1. The summed E-state index contributed by atoms with van der Waals surface area (Å²) >= 11 is 1.54. The molecule has 2 aromatic carbocycles. The van der Waals surface area contributed by atoms with Gasteiger partial charge >= 0.3 is 0 Å². The number of hydrogen-bond acceptors (Lipinski definition) is 4. The van der Waals surface area contributed by atoms with Gasteiger partial charge in [0.05, 0.1) is 16.0 Å². The number of thioether (sulfide) groups is 1. The quantitative estimate of drug-likeness (QED) is 0.448. The molecule has 0 unspecified atom stereocenters. The van der Waals surface area contributed by atoms with Crippen LogP contribution in [-0.4, -0.2) is 14.9 Å². The summed E-state index contributed by atoms with van der Waals surface area (Å²) < 4.78 is 0. The van der Waals surface area contributed by atoms with Crippen molar-refractivity contribution in [3.8, 4) is 0 Å². The summed E-state index contributed by atoms with van der Waals surface area (Å²) in [6.45, 7) is 2.04. The molecule has 21 heavy (non-hydrogen) atoms. The van der Waals surface area contributed by atoms with Gasteiger partial charge in [-0.2, -0.15) is 0 Å². The van der Waals surface area contributed by atoms with Gasteiger partial charge in [-0.15, -0.1) is 0 Å². The minimum atomic E-state index is -0.377. The van der Waals surface area contributed by atoms with Gasteiger partial charge in [-0.3, -0.25) is 10.1 Å². The molecule has 0 saturated carbocycles. The highest BCUT2D eigenvalue weighted by Crippen LogP contribution is 2.25.